The highest BCUT2D eigenvalue weighted by molar-refractivity contribution is 7.18. The third kappa shape index (κ3) is 6.19. The molecule has 1 saturated carbocycles. The van der Waals surface area contributed by atoms with Crippen LogP contribution in [0.4, 0.5) is 5.00 Å². The van der Waals surface area contributed by atoms with E-state index in [4.69, 9.17) is 9.26 Å². The number of carbonyl (C=O) groups is 2. The summed E-state index contributed by atoms with van der Waals surface area (Å²) < 4.78 is 10.5. The van der Waals surface area contributed by atoms with Crippen LogP contribution in [-0.4, -0.2) is 35.6 Å². The second kappa shape index (κ2) is 10.6. The predicted molar refractivity (Wildman–Crippen MR) is 127 cm³/mol. The molecule has 9 heteroatoms. The lowest BCUT2D eigenvalue weighted by Crippen LogP contribution is -2.24. The first kappa shape index (κ1) is 23.0. The number of nitrogens with one attached hydrogen (secondary N) is 2. The molecule has 3 aromatic rings. The van der Waals surface area contributed by atoms with Gasteiger partial charge in [-0.2, -0.15) is 4.98 Å². The minimum atomic E-state index is -0.0922. The Hall–Kier alpha value is -3.20. The fourth-order valence-corrected chi connectivity index (χ4v) is 4.40. The van der Waals surface area contributed by atoms with Crippen molar-refractivity contribution < 1.29 is 18.8 Å². The van der Waals surface area contributed by atoms with E-state index in [1.54, 1.807) is 7.11 Å². The Morgan fingerprint density at radius 3 is 2.70 bits per heavy atom. The fraction of sp³-hybridized carbons (Fsp3) is 0.417. The molecule has 8 nitrogen and oxygen atoms in total. The van der Waals surface area contributed by atoms with E-state index in [1.165, 1.54) is 11.3 Å². The molecule has 0 radical (unpaired) electrons. The molecule has 4 rings (SSSR count). The molecule has 174 valence electrons. The van der Waals surface area contributed by atoms with Crippen LogP contribution in [0, 0.1) is 12.8 Å². The minimum Gasteiger partial charge on any atom is -0.497 e. The molecule has 1 aliphatic carbocycles. The highest BCUT2D eigenvalue weighted by atomic mass is 32.1. The van der Waals surface area contributed by atoms with Gasteiger partial charge in [-0.05, 0) is 68.5 Å². The van der Waals surface area contributed by atoms with Crippen LogP contribution < -0.4 is 15.4 Å². The number of carbonyl (C=O) groups excluding carboxylic acids is 2. The average Bonchev–Trinajstić information content (AvgIpc) is 3.47. The standard InChI is InChI=1S/C24H28N4O4S/c1-15-14-20(27-23(29)17-7-8-17)33-21(15)24(30)25-13-5-3-4-6-19-26-22(28-32-19)16-9-11-18(31-2)12-10-16/h9-12,14,17H,3-8,13H2,1-2H3,(H,25,30)(H,27,29). The molecule has 0 saturated heterocycles. The van der Waals surface area contributed by atoms with Crippen LogP contribution >= 0.6 is 11.3 Å². The Morgan fingerprint density at radius 2 is 1.97 bits per heavy atom. The van der Waals surface area contributed by atoms with Crippen molar-refractivity contribution in [1.29, 1.82) is 0 Å². The SMILES string of the molecule is COc1ccc(-c2noc(CCCCCNC(=O)c3sc(NC(=O)C4CC4)cc3C)n2)cc1. The first-order valence-electron chi connectivity index (χ1n) is 11.2. The summed E-state index contributed by atoms with van der Waals surface area (Å²) in [5.41, 5.74) is 1.76. The van der Waals surface area contributed by atoms with Crippen molar-refractivity contribution in [2.75, 3.05) is 19.0 Å². The Bertz CT molecular complexity index is 1100. The lowest BCUT2D eigenvalue weighted by Gasteiger charge is -2.04. The molecule has 0 atom stereocenters. The highest BCUT2D eigenvalue weighted by Crippen LogP contribution is 2.32. The number of unbranched alkanes of at least 4 members (excludes halogenated alkanes) is 2. The number of nitrogens with zero attached hydrogens (tertiary/aromatic N) is 2. The Balaban J connectivity index is 1.15. The summed E-state index contributed by atoms with van der Waals surface area (Å²) in [5.74, 6) is 2.07. The fourth-order valence-electron chi connectivity index (χ4n) is 3.41. The second-order valence-electron chi connectivity index (χ2n) is 8.19. The maximum absolute atomic E-state index is 12.5. The Labute approximate surface area is 196 Å². The Kier molecular flexibility index (Phi) is 7.39. The molecule has 0 aliphatic heterocycles. The van der Waals surface area contributed by atoms with Crippen molar-refractivity contribution in [2.45, 2.75) is 45.4 Å². The highest BCUT2D eigenvalue weighted by Gasteiger charge is 2.30. The lowest BCUT2D eigenvalue weighted by atomic mass is 10.2. The van der Waals surface area contributed by atoms with Crippen molar-refractivity contribution in [3.63, 3.8) is 0 Å². The summed E-state index contributed by atoms with van der Waals surface area (Å²) in [5, 5.41) is 10.7. The summed E-state index contributed by atoms with van der Waals surface area (Å²) in [6.07, 6.45) is 5.31. The number of aryl methyl sites for hydroxylation is 2. The van der Waals surface area contributed by atoms with Gasteiger partial charge >= 0.3 is 0 Å². The monoisotopic (exact) mass is 468 g/mol. The number of thiophene rings is 1. The van der Waals surface area contributed by atoms with Crippen LogP contribution in [0.25, 0.3) is 11.4 Å². The van der Waals surface area contributed by atoms with Crippen molar-refractivity contribution in [3.8, 4) is 17.1 Å². The zero-order chi connectivity index (χ0) is 23.2. The van der Waals surface area contributed by atoms with Gasteiger partial charge in [0.25, 0.3) is 5.91 Å². The number of benzene rings is 1. The van der Waals surface area contributed by atoms with E-state index < -0.39 is 0 Å². The van der Waals surface area contributed by atoms with E-state index in [-0.39, 0.29) is 17.7 Å². The Morgan fingerprint density at radius 1 is 1.18 bits per heavy atom. The molecule has 33 heavy (non-hydrogen) atoms. The van der Waals surface area contributed by atoms with E-state index in [0.717, 1.165) is 54.0 Å². The van der Waals surface area contributed by atoms with Gasteiger partial charge < -0.3 is 19.9 Å². The third-order valence-corrected chi connectivity index (χ3v) is 6.64. The van der Waals surface area contributed by atoms with Crippen molar-refractivity contribution >= 4 is 28.2 Å². The van der Waals surface area contributed by atoms with Gasteiger partial charge in [-0.15, -0.1) is 11.3 Å². The first-order valence-corrected chi connectivity index (χ1v) is 12.0. The van der Waals surface area contributed by atoms with Crippen molar-refractivity contribution in [3.05, 3.63) is 46.7 Å². The second-order valence-corrected chi connectivity index (χ2v) is 9.25. The van der Waals surface area contributed by atoms with E-state index in [0.29, 0.717) is 29.6 Å². The predicted octanol–water partition coefficient (Wildman–Crippen LogP) is 4.61. The first-order chi connectivity index (χ1) is 16.0. The largest absolute Gasteiger partial charge is 0.497 e. The number of amides is 2. The van der Waals surface area contributed by atoms with Crippen molar-refractivity contribution in [1.82, 2.24) is 15.5 Å². The molecular weight excluding hydrogens is 440 g/mol. The van der Waals surface area contributed by atoms with Gasteiger partial charge in [0.1, 0.15) is 5.75 Å². The molecule has 1 fully saturated rings. The molecule has 0 bridgehead atoms. The maximum atomic E-state index is 12.5. The number of anilines is 1. The molecule has 2 aromatic heterocycles. The lowest BCUT2D eigenvalue weighted by molar-refractivity contribution is -0.117. The van der Waals surface area contributed by atoms with Gasteiger partial charge in [0, 0.05) is 24.4 Å². The van der Waals surface area contributed by atoms with E-state index >= 15 is 0 Å². The minimum absolute atomic E-state index is 0.0561. The number of aromatic nitrogens is 2. The topological polar surface area (TPSA) is 106 Å². The molecule has 1 aromatic carbocycles. The molecular formula is C24H28N4O4S. The molecule has 2 amide bonds. The molecule has 2 N–H and O–H groups in total. The molecule has 0 unspecified atom stereocenters. The molecule has 1 aliphatic rings. The molecule has 0 spiro atoms. The summed E-state index contributed by atoms with van der Waals surface area (Å²) in [7, 11) is 1.63. The summed E-state index contributed by atoms with van der Waals surface area (Å²) in [4.78, 5) is 29.5. The van der Waals surface area contributed by atoms with Gasteiger partial charge in [0.2, 0.25) is 17.6 Å². The van der Waals surface area contributed by atoms with Crippen LogP contribution in [0.3, 0.4) is 0 Å². The normalized spacial score (nSPS) is 13.0. The van der Waals surface area contributed by atoms with Gasteiger partial charge in [-0.3, -0.25) is 9.59 Å². The van der Waals surface area contributed by atoms with E-state index in [2.05, 4.69) is 20.8 Å². The number of methoxy groups -OCH3 is 1. The number of hydrogen-bond donors (Lipinski definition) is 2. The quantitative estimate of drug-likeness (QED) is 0.398. The summed E-state index contributed by atoms with van der Waals surface area (Å²) in [6, 6.07) is 9.39. The molecule has 2 heterocycles. The van der Waals surface area contributed by atoms with Gasteiger partial charge in [-0.25, -0.2) is 0 Å². The number of hydrogen-bond acceptors (Lipinski definition) is 7. The smallest absolute Gasteiger partial charge is 0.261 e. The van der Waals surface area contributed by atoms with E-state index in [1.807, 2.05) is 37.3 Å². The summed E-state index contributed by atoms with van der Waals surface area (Å²) in [6.45, 7) is 2.49. The third-order valence-electron chi connectivity index (χ3n) is 5.49. The van der Waals surface area contributed by atoms with Crippen LogP contribution in [-0.2, 0) is 11.2 Å². The van der Waals surface area contributed by atoms with Crippen LogP contribution in [0.2, 0.25) is 0 Å². The van der Waals surface area contributed by atoms with Crippen LogP contribution in [0.5, 0.6) is 5.75 Å². The number of ether oxygens (including phenoxy) is 1. The van der Waals surface area contributed by atoms with Crippen LogP contribution in [0.15, 0.2) is 34.9 Å². The zero-order valence-corrected chi connectivity index (χ0v) is 19.7. The zero-order valence-electron chi connectivity index (χ0n) is 18.8. The maximum Gasteiger partial charge on any atom is 0.261 e. The average molecular weight is 469 g/mol. The van der Waals surface area contributed by atoms with Crippen LogP contribution in [0.1, 0.15) is 53.2 Å². The van der Waals surface area contributed by atoms with Gasteiger partial charge in [0.05, 0.1) is 17.0 Å². The summed E-state index contributed by atoms with van der Waals surface area (Å²) >= 11 is 1.33. The van der Waals surface area contributed by atoms with E-state index in [9.17, 15) is 9.59 Å². The van der Waals surface area contributed by atoms with Gasteiger partial charge in [-0.1, -0.05) is 11.6 Å². The van der Waals surface area contributed by atoms with Crippen molar-refractivity contribution in [2.24, 2.45) is 5.92 Å². The van der Waals surface area contributed by atoms with Gasteiger partial charge in [0.15, 0.2) is 0 Å². The number of rotatable bonds is 11.